The molecular weight excluding hydrogens is 487 g/mol. The van der Waals surface area contributed by atoms with Gasteiger partial charge in [0.15, 0.2) is 22.8 Å². The first-order valence-corrected chi connectivity index (χ1v) is 10.9. The van der Waals surface area contributed by atoms with Gasteiger partial charge >= 0.3 is 6.36 Å². The van der Waals surface area contributed by atoms with E-state index < -0.39 is 18.0 Å². The summed E-state index contributed by atoms with van der Waals surface area (Å²) in [4.78, 5) is 33.2. The Morgan fingerprint density at radius 1 is 1.03 bits per heavy atom. The van der Waals surface area contributed by atoms with E-state index >= 15 is 0 Å². The van der Waals surface area contributed by atoms with Crippen molar-refractivity contribution in [3.63, 3.8) is 0 Å². The number of anilines is 3. The zero-order valence-corrected chi connectivity index (χ0v) is 19.2. The quantitative estimate of drug-likeness (QED) is 0.274. The molecule has 3 aromatic heterocycles. The van der Waals surface area contributed by atoms with Crippen molar-refractivity contribution in [1.82, 2.24) is 24.9 Å². The summed E-state index contributed by atoms with van der Waals surface area (Å²) < 4.78 is 41.5. The Hall–Kier alpha value is -5.00. The lowest BCUT2D eigenvalue weighted by atomic mass is 10.1. The molecule has 186 valence electrons. The fraction of sp³-hybridized carbons (Fsp3) is 0.0800. The van der Waals surface area contributed by atoms with Crippen LogP contribution in [-0.4, -0.2) is 37.2 Å². The highest BCUT2D eigenvalue weighted by Crippen LogP contribution is 2.29. The molecule has 0 radical (unpaired) electrons. The number of benzene rings is 2. The number of fused-ring (bicyclic) bond motifs is 1. The number of hydrogen-bond acceptors (Lipinski definition) is 7. The molecule has 12 heteroatoms. The third-order valence-electron chi connectivity index (χ3n) is 5.30. The summed E-state index contributed by atoms with van der Waals surface area (Å²) in [6.07, 6.45) is -0.0556. The number of hydrogen-bond donors (Lipinski definition) is 3. The second-order valence-electron chi connectivity index (χ2n) is 7.92. The lowest BCUT2D eigenvalue weighted by molar-refractivity contribution is -0.274. The van der Waals surface area contributed by atoms with Crippen LogP contribution in [0, 0.1) is 6.92 Å². The largest absolute Gasteiger partial charge is 0.573 e. The van der Waals surface area contributed by atoms with E-state index in [1.54, 1.807) is 42.7 Å². The lowest BCUT2D eigenvalue weighted by Crippen LogP contribution is -2.18. The van der Waals surface area contributed by atoms with Gasteiger partial charge in [0.2, 0.25) is 0 Å². The van der Waals surface area contributed by atoms with Gasteiger partial charge in [-0.05, 0) is 55.0 Å². The van der Waals surface area contributed by atoms with Crippen LogP contribution in [0.2, 0.25) is 0 Å². The fourth-order valence-electron chi connectivity index (χ4n) is 3.55. The Kier molecular flexibility index (Phi) is 6.14. The van der Waals surface area contributed by atoms with Gasteiger partial charge in [-0.1, -0.05) is 12.1 Å². The van der Waals surface area contributed by atoms with Gasteiger partial charge < -0.3 is 20.4 Å². The number of alkyl halides is 3. The number of imidazole rings is 1. The van der Waals surface area contributed by atoms with E-state index in [9.17, 15) is 18.0 Å². The number of aromatic amines is 1. The van der Waals surface area contributed by atoms with Crippen molar-refractivity contribution in [2.75, 3.05) is 10.6 Å². The van der Waals surface area contributed by atoms with Gasteiger partial charge in [-0.15, -0.1) is 13.2 Å². The van der Waals surface area contributed by atoms with Crippen LogP contribution in [0.1, 0.15) is 15.9 Å². The molecule has 2 aromatic carbocycles. The number of nitrogens with zero attached hydrogens (tertiary/aromatic N) is 4. The third kappa shape index (κ3) is 5.48. The molecule has 3 N–H and O–H groups in total. The molecular formula is C25H18F3N7O2. The van der Waals surface area contributed by atoms with E-state index in [1.165, 1.54) is 18.5 Å². The number of carbonyl (C=O) groups is 1. The van der Waals surface area contributed by atoms with E-state index in [4.69, 9.17) is 0 Å². The Morgan fingerprint density at radius 2 is 1.84 bits per heavy atom. The van der Waals surface area contributed by atoms with Crippen LogP contribution in [0.15, 0.2) is 73.3 Å². The topological polar surface area (TPSA) is 118 Å². The minimum atomic E-state index is -4.86. The highest BCUT2D eigenvalue weighted by Gasteiger charge is 2.31. The molecule has 0 atom stereocenters. The summed E-state index contributed by atoms with van der Waals surface area (Å²) in [6.45, 7) is 1.87. The monoisotopic (exact) mass is 505 g/mol. The van der Waals surface area contributed by atoms with Gasteiger partial charge in [-0.2, -0.15) is 0 Å². The minimum Gasteiger partial charge on any atom is -0.406 e. The Labute approximate surface area is 207 Å². The predicted octanol–water partition coefficient (Wildman–Crippen LogP) is 5.62. The number of carbonyl (C=O) groups excluding carboxylic acids is 1. The number of H-pyrrole nitrogens is 1. The van der Waals surface area contributed by atoms with Gasteiger partial charge in [-0.25, -0.2) is 15.0 Å². The van der Waals surface area contributed by atoms with Crippen LogP contribution in [-0.2, 0) is 0 Å². The van der Waals surface area contributed by atoms with Gasteiger partial charge in [0.25, 0.3) is 5.91 Å². The lowest BCUT2D eigenvalue weighted by Gasteiger charge is -2.14. The van der Waals surface area contributed by atoms with E-state index in [1.807, 2.05) is 6.92 Å². The highest BCUT2D eigenvalue weighted by molar-refractivity contribution is 6.04. The molecule has 0 aliphatic rings. The van der Waals surface area contributed by atoms with E-state index in [-0.39, 0.29) is 5.56 Å². The summed E-state index contributed by atoms with van der Waals surface area (Å²) in [5, 5.41) is 5.95. The molecule has 0 saturated heterocycles. The second-order valence-corrected chi connectivity index (χ2v) is 7.92. The maximum Gasteiger partial charge on any atom is 0.573 e. The van der Waals surface area contributed by atoms with Crippen LogP contribution < -0.4 is 15.4 Å². The molecule has 1 amide bonds. The van der Waals surface area contributed by atoms with Crippen molar-refractivity contribution in [3.05, 3.63) is 84.4 Å². The number of halogens is 3. The Bertz CT molecular complexity index is 1590. The smallest absolute Gasteiger partial charge is 0.406 e. The summed E-state index contributed by atoms with van der Waals surface area (Å²) in [5.41, 5.74) is 3.74. The number of amides is 1. The molecule has 5 aromatic rings. The number of pyridine rings is 1. The van der Waals surface area contributed by atoms with E-state index in [0.717, 1.165) is 23.3 Å². The van der Waals surface area contributed by atoms with E-state index in [0.29, 0.717) is 34.2 Å². The summed E-state index contributed by atoms with van der Waals surface area (Å²) in [5.74, 6) is -0.173. The zero-order chi connectivity index (χ0) is 26.0. The van der Waals surface area contributed by atoms with Crippen molar-refractivity contribution >= 4 is 34.3 Å². The fourth-order valence-corrected chi connectivity index (χ4v) is 3.55. The molecule has 3 heterocycles. The first-order valence-electron chi connectivity index (χ1n) is 10.9. The molecule has 0 fully saturated rings. The van der Waals surface area contributed by atoms with Crippen molar-refractivity contribution in [3.8, 4) is 17.1 Å². The van der Waals surface area contributed by atoms with Crippen molar-refractivity contribution < 1.29 is 22.7 Å². The van der Waals surface area contributed by atoms with Gasteiger partial charge in [0, 0.05) is 34.9 Å². The van der Waals surface area contributed by atoms with Gasteiger partial charge in [0.05, 0.1) is 6.33 Å². The van der Waals surface area contributed by atoms with Crippen LogP contribution in [0.3, 0.4) is 0 Å². The maximum atomic E-state index is 12.7. The van der Waals surface area contributed by atoms with Crippen LogP contribution in [0.25, 0.3) is 22.6 Å². The molecule has 9 nitrogen and oxygen atoms in total. The van der Waals surface area contributed by atoms with Crippen LogP contribution >= 0.6 is 0 Å². The van der Waals surface area contributed by atoms with Crippen LogP contribution in [0.4, 0.5) is 30.4 Å². The minimum absolute atomic E-state index is 0.00728. The van der Waals surface area contributed by atoms with Crippen molar-refractivity contribution in [1.29, 1.82) is 0 Å². The second kappa shape index (κ2) is 9.57. The first kappa shape index (κ1) is 23.7. The summed E-state index contributed by atoms with van der Waals surface area (Å²) in [7, 11) is 0. The van der Waals surface area contributed by atoms with Crippen molar-refractivity contribution in [2.24, 2.45) is 0 Å². The molecule has 0 bridgehead atoms. The average Bonchev–Trinajstić information content (AvgIpc) is 3.35. The van der Waals surface area contributed by atoms with Crippen molar-refractivity contribution in [2.45, 2.75) is 13.3 Å². The number of rotatable bonds is 6. The molecule has 0 aliphatic carbocycles. The molecule has 0 aliphatic heterocycles. The number of aromatic nitrogens is 5. The van der Waals surface area contributed by atoms with E-state index in [2.05, 4.69) is 40.3 Å². The molecule has 0 spiro atoms. The number of ether oxygens (including phenoxy) is 1. The molecule has 37 heavy (non-hydrogen) atoms. The Balaban J connectivity index is 1.41. The number of nitrogens with one attached hydrogen (secondary N) is 3. The highest BCUT2D eigenvalue weighted by atomic mass is 19.4. The normalized spacial score (nSPS) is 11.4. The first-order chi connectivity index (χ1) is 17.7. The van der Waals surface area contributed by atoms with Gasteiger partial charge in [-0.3, -0.25) is 9.78 Å². The summed E-state index contributed by atoms with van der Waals surface area (Å²) in [6, 6.07) is 13.6. The molecule has 0 unspecified atom stereocenters. The third-order valence-corrected chi connectivity index (χ3v) is 5.30. The predicted molar refractivity (Wildman–Crippen MR) is 130 cm³/mol. The van der Waals surface area contributed by atoms with Gasteiger partial charge in [0.1, 0.15) is 5.75 Å². The maximum absolute atomic E-state index is 12.7. The molecule has 0 saturated carbocycles. The molecule has 5 rings (SSSR count). The summed E-state index contributed by atoms with van der Waals surface area (Å²) >= 11 is 0. The Morgan fingerprint density at radius 3 is 2.62 bits per heavy atom. The SMILES string of the molecule is Cc1ccc(NC(=O)c2cccc(OC(F)(F)F)c2)cc1Nc1nc(-c2ccncc2)nc2[nH]cnc12. The zero-order valence-electron chi connectivity index (χ0n) is 19.2. The average molecular weight is 505 g/mol. The standard InChI is InChI=1S/C25H18F3N7O2/c1-14-5-6-17(32-24(36)16-3-2-4-18(11-16)37-25(26,27)28)12-19(14)33-23-20-22(31-13-30-20)34-21(35-23)15-7-9-29-10-8-15/h2-13H,1H3,(H,32,36)(H2,30,31,33,34,35). The number of aryl methyl sites for hydroxylation is 1. The van der Waals surface area contributed by atoms with Crippen LogP contribution in [0.5, 0.6) is 5.75 Å².